The van der Waals surface area contributed by atoms with Gasteiger partial charge in [-0.2, -0.15) is 0 Å². The third kappa shape index (κ3) is 3.23. The molecule has 3 heteroatoms. The Morgan fingerprint density at radius 2 is 2.14 bits per heavy atom. The SMILES string of the molecule is CC(CCN)N1CCCN(C)CC1C. The molecule has 3 nitrogen and oxygen atoms in total. The molecule has 14 heavy (non-hydrogen) atoms. The second-order valence-corrected chi connectivity index (χ2v) is 4.63. The maximum absolute atomic E-state index is 5.61. The molecule has 2 atom stereocenters. The van der Waals surface area contributed by atoms with E-state index in [0.29, 0.717) is 12.1 Å². The molecule has 0 aromatic rings. The van der Waals surface area contributed by atoms with Gasteiger partial charge in [0.1, 0.15) is 0 Å². The average Bonchev–Trinajstić information content (AvgIpc) is 2.27. The topological polar surface area (TPSA) is 32.5 Å². The summed E-state index contributed by atoms with van der Waals surface area (Å²) in [5.74, 6) is 0. The van der Waals surface area contributed by atoms with Crippen molar-refractivity contribution in [2.45, 2.75) is 38.8 Å². The van der Waals surface area contributed by atoms with E-state index in [1.807, 2.05) is 0 Å². The highest BCUT2D eigenvalue weighted by Gasteiger charge is 2.22. The van der Waals surface area contributed by atoms with E-state index in [4.69, 9.17) is 5.73 Å². The maximum Gasteiger partial charge on any atom is 0.0197 e. The minimum atomic E-state index is 0.640. The van der Waals surface area contributed by atoms with Crippen LogP contribution in [0.1, 0.15) is 26.7 Å². The van der Waals surface area contributed by atoms with Crippen LogP contribution in [-0.2, 0) is 0 Å². The Kier molecular flexibility index (Phi) is 4.85. The van der Waals surface area contributed by atoms with Gasteiger partial charge in [0.2, 0.25) is 0 Å². The molecule has 0 aromatic carbocycles. The van der Waals surface area contributed by atoms with Crippen molar-refractivity contribution in [1.82, 2.24) is 9.80 Å². The van der Waals surface area contributed by atoms with Crippen LogP contribution in [0.2, 0.25) is 0 Å². The van der Waals surface area contributed by atoms with Gasteiger partial charge in [0.05, 0.1) is 0 Å². The van der Waals surface area contributed by atoms with E-state index in [1.54, 1.807) is 0 Å². The van der Waals surface area contributed by atoms with Gasteiger partial charge in [-0.25, -0.2) is 0 Å². The molecule has 1 heterocycles. The lowest BCUT2D eigenvalue weighted by Crippen LogP contribution is -2.44. The second-order valence-electron chi connectivity index (χ2n) is 4.63. The fourth-order valence-corrected chi connectivity index (χ4v) is 2.45. The number of hydrogen-bond acceptors (Lipinski definition) is 3. The lowest BCUT2D eigenvalue weighted by Gasteiger charge is -2.33. The number of nitrogens with two attached hydrogens (primary N) is 1. The molecule has 0 aromatic heterocycles. The molecule has 0 bridgehead atoms. The molecule has 1 fully saturated rings. The number of nitrogens with zero attached hydrogens (tertiary/aromatic N) is 2. The average molecular weight is 199 g/mol. The van der Waals surface area contributed by atoms with Gasteiger partial charge in [0, 0.05) is 18.6 Å². The summed E-state index contributed by atoms with van der Waals surface area (Å²) in [5, 5.41) is 0. The fourth-order valence-electron chi connectivity index (χ4n) is 2.45. The lowest BCUT2D eigenvalue weighted by molar-refractivity contribution is 0.147. The van der Waals surface area contributed by atoms with Gasteiger partial charge in [-0.3, -0.25) is 4.90 Å². The van der Waals surface area contributed by atoms with Crippen LogP contribution in [0.5, 0.6) is 0 Å². The summed E-state index contributed by atoms with van der Waals surface area (Å²) in [6, 6.07) is 1.31. The van der Waals surface area contributed by atoms with Crippen molar-refractivity contribution in [3.8, 4) is 0 Å². The molecule has 0 radical (unpaired) electrons. The third-order valence-electron chi connectivity index (χ3n) is 3.25. The molecular formula is C11H25N3. The standard InChI is InChI=1S/C11H25N3/c1-10(5-6-12)14-8-4-7-13(3)9-11(14)2/h10-11H,4-9,12H2,1-3H3. The highest BCUT2D eigenvalue weighted by atomic mass is 15.2. The van der Waals surface area contributed by atoms with Crippen LogP contribution in [0.4, 0.5) is 0 Å². The van der Waals surface area contributed by atoms with Gasteiger partial charge in [0.15, 0.2) is 0 Å². The van der Waals surface area contributed by atoms with Crippen LogP contribution in [0.25, 0.3) is 0 Å². The highest BCUT2D eigenvalue weighted by Crippen LogP contribution is 2.13. The van der Waals surface area contributed by atoms with Crippen molar-refractivity contribution in [2.75, 3.05) is 33.2 Å². The zero-order valence-corrected chi connectivity index (χ0v) is 9.87. The molecule has 0 aliphatic carbocycles. The van der Waals surface area contributed by atoms with E-state index in [1.165, 1.54) is 26.1 Å². The van der Waals surface area contributed by atoms with Gasteiger partial charge in [-0.1, -0.05) is 0 Å². The minimum absolute atomic E-state index is 0.640. The fraction of sp³-hybridized carbons (Fsp3) is 1.00. The van der Waals surface area contributed by atoms with Crippen molar-refractivity contribution in [3.63, 3.8) is 0 Å². The van der Waals surface area contributed by atoms with Crippen molar-refractivity contribution >= 4 is 0 Å². The van der Waals surface area contributed by atoms with E-state index < -0.39 is 0 Å². The van der Waals surface area contributed by atoms with E-state index in [0.717, 1.165) is 13.0 Å². The molecule has 1 aliphatic heterocycles. The summed E-state index contributed by atoms with van der Waals surface area (Å²) in [4.78, 5) is 5.04. The summed E-state index contributed by atoms with van der Waals surface area (Å²) >= 11 is 0. The molecule has 2 unspecified atom stereocenters. The Hall–Kier alpha value is -0.120. The van der Waals surface area contributed by atoms with Gasteiger partial charge in [0.25, 0.3) is 0 Å². The number of rotatable bonds is 3. The van der Waals surface area contributed by atoms with Crippen LogP contribution in [0.3, 0.4) is 0 Å². The Morgan fingerprint density at radius 3 is 2.79 bits per heavy atom. The zero-order valence-electron chi connectivity index (χ0n) is 9.87. The monoisotopic (exact) mass is 199 g/mol. The normalized spacial score (nSPS) is 28.7. The Bertz CT molecular complexity index is 161. The first-order valence-corrected chi connectivity index (χ1v) is 5.79. The predicted octanol–water partition coefficient (Wildman–Crippen LogP) is 0.750. The summed E-state index contributed by atoms with van der Waals surface area (Å²) < 4.78 is 0. The molecule has 0 spiro atoms. The highest BCUT2D eigenvalue weighted by molar-refractivity contribution is 4.79. The second kappa shape index (κ2) is 5.69. The number of likely N-dealkylation sites (N-methyl/N-ethyl adjacent to an activating group) is 1. The Morgan fingerprint density at radius 1 is 1.43 bits per heavy atom. The van der Waals surface area contributed by atoms with Crippen LogP contribution in [0.15, 0.2) is 0 Å². The molecule has 1 aliphatic rings. The summed E-state index contributed by atoms with van der Waals surface area (Å²) in [7, 11) is 2.22. The molecular weight excluding hydrogens is 174 g/mol. The van der Waals surface area contributed by atoms with E-state index in [9.17, 15) is 0 Å². The molecule has 1 rings (SSSR count). The van der Waals surface area contributed by atoms with E-state index in [-0.39, 0.29) is 0 Å². The summed E-state index contributed by atoms with van der Waals surface area (Å²) in [6.45, 7) is 9.08. The molecule has 84 valence electrons. The third-order valence-corrected chi connectivity index (χ3v) is 3.25. The van der Waals surface area contributed by atoms with Crippen molar-refractivity contribution < 1.29 is 0 Å². The van der Waals surface area contributed by atoms with Crippen LogP contribution >= 0.6 is 0 Å². The Balaban J connectivity index is 2.49. The summed E-state index contributed by atoms with van der Waals surface area (Å²) in [5.41, 5.74) is 5.61. The van der Waals surface area contributed by atoms with Gasteiger partial charge < -0.3 is 10.6 Å². The first-order chi connectivity index (χ1) is 6.65. The molecule has 0 amide bonds. The minimum Gasteiger partial charge on any atom is -0.330 e. The smallest absolute Gasteiger partial charge is 0.0197 e. The predicted molar refractivity (Wildman–Crippen MR) is 61.4 cm³/mol. The van der Waals surface area contributed by atoms with Crippen LogP contribution < -0.4 is 5.73 Å². The number of hydrogen-bond donors (Lipinski definition) is 1. The van der Waals surface area contributed by atoms with Crippen molar-refractivity contribution in [3.05, 3.63) is 0 Å². The quantitative estimate of drug-likeness (QED) is 0.728. The zero-order chi connectivity index (χ0) is 10.6. The van der Waals surface area contributed by atoms with Crippen molar-refractivity contribution in [2.24, 2.45) is 5.73 Å². The van der Waals surface area contributed by atoms with Gasteiger partial charge in [-0.05, 0) is 53.4 Å². The van der Waals surface area contributed by atoms with Gasteiger partial charge in [-0.15, -0.1) is 0 Å². The Labute approximate surface area is 88.2 Å². The maximum atomic E-state index is 5.61. The van der Waals surface area contributed by atoms with Gasteiger partial charge >= 0.3 is 0 Å². The molecule has 2 N–H and O–H groups in total. The lowest BCUT2D eigenvalue weighted by atomic mass is 10.1. The van der Waals surface area contributed by atoms with E-state index >= 15 is 0 Å². The largest absolute Gasteiger partial charge is 0.330 e. The first-order valence-electron chi connectivity index (χ1n) is 5.79. The van der Waals surface area contributed by atoms with Crippen LogP contribution in [0, 0.1) is 0 Å². The molecule has 0 saturated carbocycles. The summed E-state index contributed by atoms with van der Waals surface area (Å²) in [6.07, 6.45) is 2.41. The first kappa shape index (κ1) is 12.0. The van der Waals surface area contributed by atoms with Crippen molar-refractivity contribution in [1.29, 1.82) is 0 Å². The van der Waals surface area contributed by atoms with Crippen LogP contribution in [-0.4, -0.2) is 55.1 Å². The molecule has 1 saturated heterocycles. The van der Waals surface area contributed by atoms with E-state index in [2.05, 4.69) is 30.7 Å².